The van der Waals surface area contributed by atoms with Crippen LogP contribution in [-0.4, -0.2) is 55.8 Å². The third kappa shape index (κ3) is 5.78. The van der Waals surface area contributed by atoms with E-state index in [4.69, 9.17) is 9.47 Å². The summed E-state index contributed by atoms with van der Waals surface area (Å²) in [6, 6.07) is 20.5. The number of fused-ring (bicyclic) bond motifs is 1. The first-order valence-electron chi connectivity index (χ1n) is 13.0. The highest BCUT2D eigenvalue weighted by Crippen LogP contribution is 2.40. The van der Waals surface area contributed by atoms with Crippen LogP contribution in [0.4, 0.5) is 0 Å². The zero-order valence-electron chi connectivity index (χ0n) is 22.0. The van der Waals surface area contributed by atoms with Crippen LogP contribution in [0, 0.1) is 0 Å². The Bertz CT molecular complexity index is 1190. The van der Waals surface area contributed by atoms with Gasteiger partial charge in [0, 0.05) is 44.4 Å². The molecule has 1 aliphatic heterocycles. The molecule has 0 spiro atoms. The Labute approximate surface area is 219 Å². The van der Waals surface area contributed by atoms with Gasteiger partial charge in [-0.15, -0.1) is 0 Å². The molecule has 2 aromatic carbocycles. The maximum absolute atomic E-state index is 13.9. The number of carbonyl (C=O) groups is 1. The normalized spacial score (nSPS) is 15.2. The third-order valence-electron chi connectivity index (χ3n) is 6.90. The van der Waals surface area contributed by atoms with Crippen molar-refractivity contribution in [3.05, 3.63) is 99.5 Å². The molecule has 1 amide bonds. The van der Waals surface area contributed by atoms with Crippen molar-refractivity contribution >= 4 is 5.91 Å². The van der Waals surface area contributed by atoms with E-state index in [9.17, 15) is 9.59 Å². The molecule has 0 aliphatic carbocycles. The minimum absolute atomic E-state index is 0.0484. The lowest BCUT2D eigenvalue weighted by molar-refractivity contribution is 0.0579. The highest BCUT2D eigenvalue weighted by molar-refractivity contribution is 5.96. The summed E-state index contributed by atoms with van der Waals surface area (Å²) < 4.78 is 13.4. The van der Waals surface area contributed by atoms with Gasteiger partial charge in [-0.05, 0) is 24.6 Å². The molecule has 37 heavy (non-hydrogen) atoms. The average Bonchev–Trinajstić information content (AvgIpc) is 2.92. The molecule has 0 saturated heterocycles. The lowest BCUT2D eigenvalue weighted by Crippen LogP contribution is -2.48. The van der Waals surface area contributed by atoms with Gasteiger partial charge in [-0.1, -0.05) is 74.0 Å². The maximum Gasteiger partial charge on any atom is 0.274 e. The second kappa shape index (κ2) is 12.7. The molecule has 196 valence electrons. The molecule has 3 aromatic rings. The van der Waals surface area contributed by atoms with Crippen molar-refractivity contribution in [3.8, 4) is 5.75 Å². The second-order valence-corrected chi connectivity index (χ2v) is 9.41. The largest absolute Gasteiger partial charge is 0.487 e. The first-order chi connectivity index (χ1) is 18.1. The number of nitrogens with zero attached hydrogens (tertiary/aromatic N) is 2. The molecule has 0 radical (unpaired) electrons. The van der Waals surface area contributed by atoms with Crippen LogP contribution in [0.5, 0.6) is 5.75 Å². The number of benzene rings is 2. The molecule has 4 rings (SSSR count). The standard InChI is InChI=1S/C30H37N3O4/c1-4-5-17-37-29-27-30(35)32(16-18-36-3)21-25(33(27)20-24(19-31-2)28(29)34)26(22-12-8-6-9-13-22)23-14-10-7-11-15-23/h6-15,20,25-26,31H,4-5,16-19,21H2,1-3H3/t25-/m1/s1. The summed E-state index contributed by atoms with van der Waals surface area (Å²) in [6.45, 7) is 4.18. The maximum atomic E-state index is 13.9. The van der Waals surface area contributed by atoms with Gasteiger partial charge in [0.2, 0.25) is 5.43 Å². The van der Waals surface area contributed by atoms with Gasteiger partial charge in [0.1, 0.15) is 0 Å². The van der Waals surface area contributed by atoms with Gasteiger partial charge in [-0.3, -0.25) is 9.59 Å². The topological polar surface area (TPSA) is 72.8 Å². The van der Waals surface area contributed by atoms with Gasteiger partial charge >= 0.3 is 0 Å². The highest BCUT2D eigenvalue weighted by atomic mass is 16.5. The Balaban J connectivity index is 1.95. The monoisotopic (exact) mass is 503 g/mol. The zero-order chi connectivity index (χ0) is 26.2. The minimum atomic E-state index is -0.228. The van der Waals surface area contributed by atoms with Crippen LogP contribution in [-0.2, 0) is 11.3 Å². The second-order valence-electron chi connectivity index (χ2n) is 9.41. The fourth-order valence-electron chi connectivity index (χ4n) is 5.06. The zero-order valence-corrected chi connectivity index (χ0v) is 22.0. The number of carbonyl (C=O) groups excluding carboxylic acids is 1. The number of hydrogen-bond acceptors (Lipinski definition) is 5. The van der Waals surface area contributed by atoms with E-state index in [1.54, 1.807) is 12.0 Å². The van der Waals surface area contributed by atoms with E-state index in [0.29, 0.717) is 44.1 Å². The minimum Gasteiger partial charge on any atom is -0.487 e. The SMILES string of the molecule is CCCCOc1c2n(cc(CNC)c1=O)[C@@H](C(c1ccccc1)c1ccccc1)CN(CCOC)C2=O. The van der Waals surface area contributed by atoms with E-state index in [0.717, 1.165) is 24.0 Å². The van der Waals surface area contributed by atoms with E-state index >= 15 is 0 Å². The summed E-state index contributed by atoms with van der Waals surface area (Å²) in [4.78, 5) is 29.2. The number of amides is 1. The van der Waals surface area contributed by atoms with E-state index in [2.05, 4.69) is 36.5 Å². The molecule has 1 aromatic heterocycles. The van der Waals surface area contributed by atoms with Crippen molar-refractivity contribution in [1.29, 1.82) is 0 Å². The van der Waals surface area contributed by atoms with Crippen LogP contribution in [0.3, 0.4) is 0 Å². The number of ether oxygens (including phenoxy) is 2. The molecule has 0 saturated carbocycles. The van der Waals surface area contributed by atoms with E-state index in [1.165, 1.54) is 0 Å². The summed E-state index contributed by atoms with van der Waals surface area (Å²) in [7, 11) is 3.44. The van der Waals surface area contributed by atoms with Crippen molar-refractivity contribution in [1.82, 2.24) is 14.8 Å². The van der Waals surface area contributed by atoms with Crippen LogP contribution < -0.4 is 15.5 Å². The fraction of sp³-hybridized carbons (Fsp3) is 0.400. The van der Waals surface area contributed by atoms with Gasteiger partial charge < -0.3 is 24.3 Å². The van der Waals surface area contributed by atoms with Gasteiger partial charge in [0.15, 0.2) is 11.4 Å². The van der Waals surface area contributed by atoms with E-state index in [1.807, 2.05) is 54.2 Å². The first-order valence-corrected chi connectivity index (χ1v) is 13.0. The molecule has 2 heterocycles. The molecule has 1 N–H and O–H groups in total. The lowest BCUT2D eigenvalue weighted by atomic mass is 9.83. The molecular weight excluding hydrogens is 466 g/mol. The molecular formula is C30H37N3O4. The van der Waals surface area contributed by atoms with Gasteiger partial charge in [0.05, 0.1) is 19.3 Å². The van der Waals surface area contributed by atoms with Gasteiger partial charge in [-0.2, -0.15) is 0 Å². The first kappa shape index (κ1) is 26.6. The molecule has 0 unspecified atom stereocenters. The summed E-state index contributed by atoms with van der Waals surface area (Å²) in [5, 5.41) is 3.10. The van der Waals surface area contributed by atoms with Crippen LogP contribution in [0.2, 0.25) is 0 Å². The Hall–Kier alpha value is -3.42. The average molecular weight is 504 g/mol. The summed E-state index contributed by atoms with van der Waals surface area (Å²) in [6.07, 6.45) is 3.59. The smallest absolute Gasteiger partial charge is 0.274 e. The van der Waals surface area contributed by atoms with E-state index < -0.39 is 0 Å². The van der Waals surface area contributed by atoms with Gasteiger partial charge in [-0.25, -0.2) is 0 Å². The van der Waals surface area contributed by atoms with Crippen molar-refractivity contribution < 1.29 is 14.3 Å². The fourth-order valence-corrected chi connectivity index (χ4v) is 5.06. The van der Waals surface area contributed by atoms with Crippen LogP contribution in [0.15, 0.2) is 71.7 Å². The quantitative estimate of drug-likeness (QED) is 0.375. The number of pyridine rings is 1. The van der Waals surface area contributed by atoms with Crippen LogP contribution in [0.1, 0.15) is 58.9 Å². The Morgan fingerprint density at radius 3 is 2.22 bits per heavy atom. The summed E-state index contributed by atoms with van der Waals surface area (Å²) in [5.41, 5.74) is 2.97. The van der Waals surface area contributed by atoms with Crippen molar-refractivity contribution in [2.45, 2.75) is 38.3 Å². The summed E-state index contributed by atoms with van der Waals surface area (Å²) in [5.74, 6) is -0.0984. The van der Waals surface area contributed by atoms with Gasteiger partial charge in [0.25, 0.3) is 5.91 Å². The number of rotatable bonds is 12. The Morgan fingerprint density at radius 1 is 1.00 bits per heavy atom. The molecule has 0 bridgehead atoms. The number of nitrogens with one attached hydrogen (secondary N) is 1. The highest BCUT2D eigenvalue weighted by Gasteiger charge is 2.39. The molecule has 1 atom stereocenters. The number of aromatic nitrogens is 1. The Morgan fingerprint density at radius 2 is 1.65 bits per heavy atom. The van der Waals surface area contributed by atoms with Crippen molar-refractivity contribution in [3.63, 3.8) is 0 Å². The molecule has 7 nitrogen and oxygen atoms in total. The summed E-state index contributed by atoms with van der Waals surface area (Å²) >= 11 is 0. The Kier molecular flexibility index (Phi) is 9.14. The molecule has 7 heteroatoms. The van der Waals surface area contributed by atoms with E-state index in [-0.39, 0.29) is 29.0 Å². The van der Waals surface area contributed by atoms with Crippen LogP contribution >= 0.6 is 0 Å². The predicted molar refractivity (Wildman–Crippen MR) is 145 cm³/mol. The van der Waals surface area contributed by atoms with Crippen molar-refractivity contribution in [2.24, 2.45) is 0 Å². The number of unbranched alkanes of at least 4 members (excludes halogenated alkanes) is 1. The number of hydrogen-bond donors (Lipinski definition) is 1. The molecule has 0 fully saturated rings. The molecule has 1 aliphatic rings. The number of methoxy groups -OCH3 is 1. The van der Waals surface area contributed by atoms with Crippen LogP contribution in [0.25, 0.3) is 0 Å². The predicted octanol–water partition coefficient (Wildman–Crippen LogP) is 4.22. The van der Waals surface area contributed by atoms with Crippen molar-refractivity contribution in [2.75, 3.05) is 40.5 Å². The third-order valence-corrected chi connectivity index (χ3v) is 6.90. The lowest BCUT2D eigenvalue weighted by Gasteiger charge is -2.41.